The Kier molecular flexibility index (Phi) is 2.69. The highest BCUT2D eigenvalue weighted by molar-refractivity contribution is 5.63. The smallest absolute Gasteiger partial charge is 0.312 e. The lowest BCUT2D eigenvalue weighted by Crippen LogP contribution is -2.11. The van der Waals surface area contributed by atoms with Gasteiger partial charge in [0.05, 0.1) is 5.69 Å². The second kappa shape index (κ2) is 3.91. The van der Waals surface area contributed by atoms with Crippen molar-refractivity contribution in [2.75, 3.05) is 0 Å². The van der Waals surface area contributed by atoms with E-state index < -0.39 is 0 Å². The molecular formula is C14H18N2O. The van der Waals surface area contributed by atoms with Crippen LogP contribution in [0.5, 0.6) is 0 Å². The summed E-state index contributed by atoms with van der Waals surface area (Å²) < 4.78 is 0. The number of hydrogen-bond donors (Lipinski definition) is 2. The van der Waals surface area contributed by atoms with Crippen LogP contribution in [0, 0.1) is 6.92 Å². The molecule has 0 aliphatic rings. The Hall–Kier alpha value is -1.77. The fraction of sp³-hybridized carbons (Fsp3) is 0.357. The van der Waals surface area contributed by atoms with Crippen LogP contribution in [0.4, 0.5) is 0 Å². The molecule has 2 rings (SSSR count). The molecule has 2 aromatic rings. The van der Waals surface area contributed by atoms with Gasteiger partial charge in [0, 0.05) is 11.8 Å². The topological polar surface area (TPSA) is 48.6 Å². The van der Waals surface area contributed by atoms with Gasteiger partial charge in [-0.15, -0.1) is 0 Å². The molecule has 2 N–H and O–H groups in total. The highest BCUT2D eigenvalue weighted by Gasteiger charge is 2.15. The first kappa shape index (κ1) is 11.7. The van der Waals surface area contributed by atoms with Crippen LogP contribution in [0.3, 0.4) is 0 Å². The van der Waals surface area contributed by atoms with Gasteiger partial charge in [-0.1, -0.05) is 39.0 Å². The summed E-state index contributed by atoms with van der Waals surface area (Å²) in [6, 6.07) is 6.36. The Morgan fingerprint density at radius 3 is 2.35 bits per heavy atom. The second-order valence-corrected chi connectivity index (χ2v) is 5.44. The lowest BCUT2D eigenvalue weighted by atomic mass is 9.85. The molecule has 0 saturated heterocycles. The van der Waals surface area contributed by atoms with E-state index in [4.69, 9.17) is 0 Å². The number of benzene rings is 1. The van der Waals surface area contributed by atoms with Gasteiger partial charge >= 0.3 is 5.69 Å². The average molecular weight is 230 g/mol. The molecule has 0 bridgehead atoms. The zero-order chi connectivity index (χ0) is 12.6. The van der Waals surface area contributed by atoms with Crippen molar-refractivity contribution in [1.82, 2.24) is 9.97 Å². The molecule has 3 nitrogen and oxygen atoms in total. The third kappa shape index (κ3) is 2.33. The maximum atomic E-state index is 11.1. The van der Waals surface area contributed by atoms with Gasteiger partial charge in [-0.2, -0.15) is 0 Å². The van der Waals surface area contributed by atoms with E-state index >= 15 is 0 Å². The van der Waals surface area contributed by atoms with Crippen molar-refractivity contribution in [3.63, 3.8) is 0 Å². The van der Waals surface area contributed by atoms with E-state index in [2.05, 4.69) is 55.9 Å². The van der Waals surface area contributed by atoms with Gasteiger partial charge in [-0.05, 0) is 23.5 Å². The van der Waals surface area contributed by atoms with Crippen LogP contribution in [0.1, 0.15) is 31.9 Å². The number of hydrogen-bond acceptors (Lipinski definition) is 1. The van der Waals surface area contributed by atoms with Crippen molar-refractivity contribution in [2.24, 2.45) is 0 Å². The third-order valence-electron chi connectivity index (χ3n) is 2.98. The predicted octanol–water partition coefficient (Wildman–Crippen LogP) is 2.98. The Balaban J connectivity index is 2.49. The van der Waals surface area contributed by atoms with Gasteiger partial charge in [-0.3, -0.25) is 0 Å². The van der Waals surface area contributed by atoms with Gasteiger partial charge in [0.25, 0.3) is 0 Å². The molecule has 0 atom stereocenters. The van der Waals surface area contributed by atoms with E-state index in [1.807, 2.05) is 0 Å². The lowest BCUT2D eigenvalue weighted by molar-refractivity contribution is 0.590. The van der Waals surface area contributed by atoms with E-state index in [1.54, 1.807) is 6.20 Å². The summed E-state index contributed by atoms with van der Waals surface area (Å²) in [4.78, 5) is 16.5. The maximum Gasteiger partial charge on any atom is 0.323 e. The van der Waals surface area contributed by atoms with E-state index in [1.165, 1.54) is 11.1 Å². The van der Waals surface area contributed by atoms with Crippen molar-refractivity contribution in [3.05, 3.63) is 46.0 Å². The zero-order valence-electron chi connectivity index (χ0n) is 10.7. The number of H-pyrrole nitrogens is 2. The van der Waals surface area contributed by atoms with Crippen LogP contribution in [0.2, 0.25) is 0 Å². The van der Waals surface area contributed by atoms with Crippen LogP contribution >= 0.6 is 0 Å². The summed E-state index contributed by atoms with van der Waals surface area (Å²) in [5.41, 5.74) is 4.36. The summed E-state index contributed by atoms with van der Waals surface area (Å²) in [6.45, 7) is 8.65. The number of nitrogens with one attached hydrogen (secondary N) is 2. The first-order valence-electron chi connectivity index (χ1n) is 5.77. The Morgan fingerprint density at radius 1 is 1.18 bits per heavy atom. The molecule has 1 aromatic heterocycles. The van der Waals surface area contributed by atoms with Crippen molar-refractivity contribution < 1.29 is 0 Å². The molecule has 0 radical (unpaired) electrons. The van der Waals surface area contributed by atoms with Crippen molar-refractivity contribution in [3.8, 4) is 11.3 Å². The normalized spacial score (nSPS) is 11.8. The second-order valence-electron chi connectivity index (χ2n) is 5.44. The molecule has 1 aromatic carbocycles. The third-order valence-corrected chi connectivity index (χ3v) is 2.98. The number of imidazole rings is 1. The minimum Gasteiger partial charge on any atom is -0.312 e. The fourth-order valence-corrected chi connectivity index (χ4v) is 1.91. The van der Waals surface area contributed by atoms with E-state index in [9.17, 15) is 4.79 Å². The first-order chi connectivity index (χ1) is 7.88. The summed E-state index contributed by atoms with van der Waals surface area (Å²) in [5, 5.41) is 0. The van der Waals surface area contributed by atoms with E-state index in [-0.39, 0.29) is 11.1 Å². The summed E-state index contributed by atoms with van der Waals surface area (Å²) in [7, 11) is 0. The average Bonchev–Trinajstić information content (AvgIpc) is 2.63. The van der Waals surface area contributed by atoms with E-state index in [0.717, 1.165) is 11.3 Å². The van der Waals surface area contributed by atoms with Crippen LogP contribution in [-0.2, 0) is 5.41 Å². The minimum atomic E-state index is -0.167. The summed E-state index contributed by atoms with van der Waals surface area (Å²) in [6.07, 6.45) is 1.71. The predicted molar refractivity (Wildman–Crippen MR) is 70.3 cm³/mol. The molecule has 0 aliphatic heterocycles. The monoisotopic (exact) mass is 230 g/mol. The fourth-order valence-electron chi connectivity index (χ4n) is 1.91. The van der Waals surface area contributed by atoms with Gasteiger partial charge in [0.15, 0.2) is 0 Å². The Labute approximate surface area is 101 Å². The van der Waals surface area contributed by atoms with Crippen molar-refractivity contribution >= 4 is 0 Å². The van der Waals surface area contributed by atoms with Crippen LogP contribution < -0.4 is 5.69 Å². The molecule has 0 fully saturated rings. The minimum absolute atomic E-state index is 0.148. The molecule has 90 valence electrons. The van der Waals surface area contributed by atoms with E-state index in [0.29, 0.717) is 0 Å². The van der Waals surface area contributed by atoms with Crippen molar-refractivity contribution in [2.45, 2.75) is 33.1 Å². The molecule has 17 heavy (non-hydrogen) atoms. The molecule has 0 amide bonds. The Morgan fingerprint density at radius 2 is 1.88 bits per heavy atom. The standard InChI is InChI=1S/C14H18N2O/c1-9-7-10(14(2,3)4)5-6-11(9)12-8-15-13(17)16-12/h5-8H,1-4H3,(H2,15,16,17). The molecule has 0 spiro atoms. The summed E-state index contributed by atoms with van der Waals surface area (Å²) in [5.74, 6) is 0. The number of aromatic nitrogens is 2. The molecule has 0 saturated carbocycles. The van der Waals surface area contributed by atoms with Crippen molar-refractivity contribution in [1.29, 1.82) is 0 Å². The molecule has 1 heterocycles. The summed E-state index contributed by atoms with van der Waals surface area (Å²) >= 11 is 0. The lowest BCUT2D eigenvalue weighted by Gasteiger charge is -2.20. The van der Waals surface area contributed by atoms with Gasteiger partial charge in [-0.25, -0.2) is 4.79 Å². The molecule has 0 unspecified atom stereocenters. The number of aryl methyl sites for hydroxylation is 1. The quantitative estimate of drug-likeness (QED) is 0.777. The molecule has 3 heteroatoms. The number of rotatable bonds is 1. The molecule has 0 aliphatic carbocycles. The van der Waals surface area contributed by atoms with Gasteiger partial charge in [0.1, 0.15) is 0 Å². The maximum absolute atomic E-state index is 11.1. The van der Waals surface area contributed by atoms with Crippen LogP contribution in [-0.4, -0.2) is 9.97 Å². The largest absolute Gasteiger partial charge is 0.323 e. The van der Waals surface area contributed by atoms with Crippen LogP contribution in [0.25, 0.3) is 11.3 Å². The van der Waals surface area contributed by atoms with Gasteiger partial charge < -0.3 is 9.97 Å². The van der Waals surface area contributed by atoms with Crippen LogP contribution in [0.15, 0.2) is 29.2 Å². The zero-order valence-corrected chi connectivity index (χ0v) is 10.7. The Bertz CT molecular complexity index is 585. The number of aromatic amines is 2. The van der Waals surface area contributed by atoms with Gasteiger partial charge in [0.2, 0.25) is 0 Å². The first-order valence-corrected chi connectivity index (χ1v) is 5.77. The highest BCUT2D eigenvalue weighted by atomic mass is 16.1. The SMILES string of the molecule is Cc1cc(C(C)(C)C)ccc1-c1c[nH]c(=O)[nH]1. The highest BCUT2D eigenvalue weighted by Crippen LogP contribution is 2.27. The molecular weight excluding hydrogens is 212 g/mol.